The Balaban J connectivity index is 1.38. The first kappa shape index (κ1) is 21.7. The summed E-state index contributed by atoms with van der Waals surface area (Å²) >= 11 is 0. The third kappa shape index (κ3) is 6.24. The molecule has 1 saturated carbocycles. The highest BCUT2D eigenvalue weighted by molar-refractivity contribution is 5.72. The van der Waals surface area contributed by atoms with Crippen molar-refractivity contribution in [1.82, 2.24) is 0 Å². The molecule has 1 aliphatic heterocycles. The van der Waals surface area contributed by atoms with E-state index in [1.807, 2.05) is 0 Å². The molecular formula is C22H31NO6. The van der Waals surface area contributed by atoms with Crippen molar-refractivity contribution in [2.75, 3.05) is 13.2 Å². The van der Waals surface area contributed by atoms with E-state index in [2.05, 4.69) is 6.92 Å². The first-order valence-corrected chi connectivity index (χ1v) is 10.7. The van der Waals surface area contributed by atoms with Gasteiger partial charge in [-0.2, -0.15) is 0 Å². The first-order chi connectivity index (χ1) is 14.1. The molecule has 29 heavy (non-hydrogen) atoms. The van der Waals surface area contributed by atoms with Crippen molar-refractivity contribution < 1.29 is 23.9 Å². The lowest BCUT2D eigenvalue weighted by Crippen LogP contribution is -2.37. The lowest BCUT2D eigenvalue weighted by atomic mass is 9.80. The number of nitro groups is 1. The number of nitrogens with zero attached hydrogens (tertiary/aromatic N) is 1. The van der Waals surface area contributed by atoms with E-state index in [-0.39, 0.29) is 30.8 Å². The van der Waals surface area contributed by atoms with Crippen LogP contribution in [0.5, 0.6) is 0 Å². The van der Waals surface area contributed by atoms with Gasteiger partial charge >= 0.3 is 5.97 Å². The molecule has 160 valence electrons. The van der Waals surface area contributed by atoms with Crippen LogP contribution in [0.1, 0.15) is 70.1 Å². The van der Waals surface area contributed by atoms with E-state index in [0.29, 0.717) is 5.56 Å². The number of hydrogen-bond acceptors (Lipinski definition) is 6. The number of ether oxygens (including phenoxy) is 3. The van der Waals surface area contributed by atoms with Gasteiger partial charge in [0.1, 0.15) is 6.10 Å². The predicted octanol–water partition coefficient (Wildman–Crippen LogP) is 4.94. The molecule has 1 heterocycles. The first-order valence-electron chi connectivity index (χ1n) is 10.7. The molecule has 0 atom stereocenters. The Bertz CT molecular complexity index is 660. The highest BCUT2D eigenvalue weighted by Gasteiger charge is 2.31. The van der Waals surface area contributed by atoms with E-state index in [0.717, 1.165) is 31.6 Å². The lowest BCUT2D eigenvalue weighted by Gasteiger charge is -2.32. The van der Waals surface area contributed by atoms with Crippen LogP contribution < -0.4 is 0 Å². The number of benzene rings is 1. The van der Waals surface area contributed by atoms with Crippen LogP contribution in [-0.4, -0.2) is 30.2 Å². The predicted molar refractivity (Wildman–Crippen MR) is 107 cm³/mol. The molecular weight excluding hydrogens is 374 g/mol. The molecule has 0 amide bonds. The van der Waals surface area contributed by atoms with Crippen LogP contribution in [0.15, 0.2) is 24.3 Å². The van der Waals surface area contributed by atoms with E-state index < -0.39 is 17.3 Å². The Kier molecular flexibility index (Phi) is 8.00. The molecule has 0 radical (unpaired) electrons. The van der Waals surface area contributed by atoms with E-state index in [1.165, 1.54) is 37.8 Å². The lowest BCUT2D eigenvalue weighted by molar-refractivity contribution is -0.384. The van der Waals surface area contributed by atoms with Crippen molar-refractivity contribution in [3.63, 3.8) is 0 Å². The zero-order valence-electron chi connectivity index (χ0n) is 17.1. The Hall–Kier alpha value is -1.99. The SMILES string of the molecule is CCCCCC1CCC(C(=O)OC2COC(c3ccc([N+](=O)[O-])cc3)OC2)CC1. The number of rotatable bonds is 8. The number of nitro benzene ring substituents is 1. The van der Waals surface area contributed by atoms with Crippen LogP contribution in [0.3, 0.4) is 0 Å². The third-order valence-corrected chi connectivity index (χ3v) is 5.92. The Morgan fingerprint density at radius 3 is 2.34 bits per heavy atom. The van der Waals surface area contributed by atoms with Crippen molar-refractivity contribution in [1.29, 1.82) is 0 Å². The fraction of sp³-hybridized carbons (Fsp3) is 0.682. The van der Waals surface area contributed by atoms with Crippen LogP contribution >= 0.6 is 0 Å². The van der Waals surface area contributed by atoms with Gasteiger partial charge in [-0.1, -0.05) is 32.6 Å². The van der Waals surface area contributed by atoms with Gasteiger partial charge in [-0.25, -0.2) is 0 Å². The average Bonchev–Trinajstić information content (AvgIpc) is 2.75. The minimum Gasteiger partial charge on any atom is -0.457 e. The summed E-state index contributed by atoms with van der Waals surface area (Å²) in [5, 5.41) is 10.7. The zero-order chi connectivity index (χ0) is 20.6. The average molecular weight is 405 g/mol. The Morgan fingerprint density at radius 2 is 1.76 bits per heavy atom. The molecule has 7 heteroatoms. The van der Waals surface area contributed by atoms with Gasteiger partial charge in [-0.05, 0) is 43.7 Å². The normalized spacial score (nSPS) is 27.3. The number of carbonyl (C=O) groups excluding carboxylic acids is 1. The van der Waals surface area contributed by atoms with Gasteiger partial charge in [0.15, 0.2) is 6.29 Å². The minimum absolute atomic E-state index is 0.00942. The highest BCUT2D eigenvalue weighted by atomic mass is 16.7. The second-order valence-electron chi connectivity index (χ2n) is 8.12. The van der Waals surface area contributed by atoms with Gasteiger partial charge in [0.05, 0.1) is 24.1 Å². The summed E-state index contributed by atoms with van der Waals surface area (Å²) in [7, 11) is 0. The van der Waals surface area contributed by atoms with E-state index >= 15 is 0 Å². The van der Waals surface area contributed by atoms with Gasteiger partial charge in [-0.3, -0.25) is 14.9 Å². The van der Waals surface area contributed by atoms with Gasteiger partial charge < -0.3 is 14.2 Å². The quantitative estimate of drug-likeness (QED) is 0.263. The smallest absolute Gasteiger partial charge is 0.309 e. The van der Waals surface area contributed by atoms with Gasteiger partial charge in [-0.15, -0.1) is 0 Å². The maximum absolute atomic E-state index is 12.5. The van der Waals surface area contributed by atoms with Crippen LogP contribution in [0.4, 0.5) is 5.69 Å². The van der Waals surface area contributed by atoms with Crippen molar-refractivity contribution in [3.05, 3.63) is 39.9 Å². The summed E-state index contributed by atoms with van der Waals surface area (Å²) < 4.78 is 17.0. The summed E-state index contributed by atoms with van der Waals surface area (Å²) in [5.74, 6) is 0.613. The number of esters is 1. The van der Waals surface area contributed by atoms with Gasteiger partial charge in [0.25, 0.3) is 5.69 Å². The van der Waals surface area contributed by atoms with Crippen molar-refractivity contribution in [3.8, 4) is 0 Å². The van der Waals surface area contributed by atoms with Crippen molar-refractivity contribution in [2.24, 2.45) is 11.8 Å². The molecule has 1 aliphatic carbocycles. The minimum atomic E-state index is -0.593. The summed E-state index contributed by atoms with van der Waals surface area (Å²) in [6.07, 6.45) is 8.18. The second-order valence-corrected chi connectivity index (χ2v) is 8.12. The van der Waals surface area contributed by atoms with Crippen molar-refractivity contribution in [2.45, 2.75) is 70.7 Å². The fourth-order valence-electron chi connectivity index (χ4n) is 4.13. The molecule has 7 nitrogen and oxygen atoms in total. The van der Waals surface area contributed by atoms with E-state index in [9.17, 15) is 14.9 Å². The molecule has 0 aromatic heterocycles. The van der Waals surface area contributed by atoms with Crippen molar-refractivity contribution >= 4 is 11.7 Å². The molecule has 0 bridgehead atoms. The van der Waals surface area contributed by atoms with Gasteiger partial charge in [0.2, 0.25) is 0 Å². The molecule has 0 spiro atoms. The molecule has 1 aromatic carbocycles. The maximum atomic E-state index is 12.5. The standard InChI is InChI=1S/C22H31NO6/c1-2-3-4-5-16-6-8-17(9-7-16)21(24)29-20-14-27-22(28-15-20)18-10-12-19(13-11-18)23(25)26/h10-13,16-17,20,22H,2-9,14-15H2,1H3. The zero-order valence-corrected chi connectivity index (χ0v) is 17.1. The molecule has 3 rings (SSSR count). The Labute approximate surface area is 171 Å². The van der Waals surface area contributed by atoms with Crippen LogP contribution in [0.25, 0.3) is 0 Å². The largest absolute Gasteiger partial charge is 0.457 e. The molecule has 1 saturated heterocycles. The molecule has 2 aliphatic rings. The monoisotopic (exact) mass is 405 g/mol. The van der Waals surface area contributed by atoms with E-state index in [4.69, 9.17) is 14.2 Å². The molecule has 1 aromatic rings. The summed E-state index contributed by atoms with van der Waals surface area (Å²) in [6.45, 7) is 2.75. The van der Waals surface area contributed by atoms with Gasteiger partial charge in [0, 0.05) is 17.7 Å². The summed E-state index contributed by atoms with van der Waals surface area (Å²) in [6, 6.07) is 6.09. The number of carbonyl (C=O) groups is 1. The molecule has 0 N–H and O–H groups in total. The summed E-state index contributed by atoms with van der Waals surface area (Å²) in [4.78, 5) is 22.8. The van der Waals surface area contributed by atoms with Crippen LogP contribution in [-0.2, 0) is 19.0 Å². The fourth-order valence-corrected chi connectivity index (χ4v) is 4.13. The van der Waals surface area contributed by atoms with Crippen LogP contribution in [0.2, 0.25) is 0 Å². The van der Waals surface area contributed by atoms with E-state index in [1.54, 1.807) is 12.1 Å². The second kappa shape index (κ2) is 10.7. The Morgan fingerprint density at radius 1 is 1.10 bits per heavy atom. The maximum Gasteiger partial charge on any atom is 0.309 e. The molecule has 2 fully saturated rings. The van der Waals surface area contributed by atoms with Crippen LogP contribution in [0, 0.1) is 22.0 Å². The molecule has 0 unspecified atom stereocenters. The topological polar surface area (TPSA) is 87.9 Å². The number of unbranched alkanes of at least 4 members (excludes halogenated alkanes) is 2. The number of hydrogen-bond donors (Lipinski definition) is 0. The third-order valence-electron chi connectivity index (χ3n) is 5.92. The highest BCUT2D eigenvalue weighted by Crippen LogP contribution is 2.33. The summed E-state index contributed by atoms with van der Waals surface area (Å²) in [5.41, 5.74) is 0.734. The number of non-ortho nitro benzene ring substituents is 1.